The molecule has 0 saturated heterocycles. The van der Waals surface area contributed by atoms with E-state index in [1.165, 1.54) is 0 Å². The van der Waals surface area contributed by atoms with Gasteiger partial charge in [-0.25, -0.2) is 4.79 Å². The summed E-state index contributed by atoms with van der Waals surface area (Å²) in [5, 5.41) is 4.74. The van der Waals surface area contributed by atoms with Crippen LogP contribution < -0.4 is 10.6 Å². The van der Waals surface area contributed by atoms with Crippen molar-refractivity contribution in [3.8, 4) is 0 Å². The van der Waals surface area contributed by atoms with Crippen molar-refractivity contribution < 1.29 is 9.59 Å². The molecule has 1 aromatic carbocycles. The molecular formula is C11H12BrClN2O2. The first-order valence-corrected chi connectivity index (χ1v) is 6.28. The topological polar surface area (TPSA) is 58.2 Å². The van der Waals surface area contributed by atoms with E-state index in [1.54, 1.807) is 12.1 Å². The molecule has 4 nitrogen and oxygen atoms in total. The summed E-state index contributed by atoms with van der Waals surface area (Å²) in [6, 6.07) is 4.81. The van der Waals surface area contributed by atoms with Gasteiger partial charge in [0.15, 0.2) is 0 Å². The Morgan fingerprint density at radius 3 is 2.71 bits per heavy atom. The van der Waals surface area contributed by atoms with Crippen LogP contribution in [0.25, 0.3) is 0 Å². The van der Waals surface area contributed by atoms with Crippen LogP contribution in [0.5, 0.6) is 0 Å². The van der Waals surface area contributed by atoms with Gasteiger partial charge < -0.3 is 5.32 Å². The van der Waals surface area contributed by atoms with E-state index >= 15 is 0 Å². The number of nitrogens with one attached hydrogen (secondary N) is 2. The molecule has 0 atom stereocenters. The van der Waals surface area contributed by atoms with Crippen LogP contribution in [0.4, 0.5) is 10.5 Å². The van der Waals surface area contributed by atoms with Crippen molar-refractivity contribution in [2.75, 3.05) is 11.2 Å². The Balaban J connectivity index is 2.56. The molecule has 6 heteroatoms. The summed E-state index contributed by atoms with van der Waals surface area (Å²) in [6.45, 7) is 1.91. The van der Waals surface area contributed by atoms with Gasteiger partial charge in [-0.1, -0.05) is 15.9 Å². The quantitative estimate of drug-likeness (QED) is 0.841. The number of alkyl halides is 1. The molecule has 0 fully saturated rings. The van der Waals surface area contributed by atoms with Crippen LogP contribution in [0.2, 0.25) is 0 Å². The van der Waals surface area contributed by atoms with E-state index in [1.807, 2.05) is 13.0 Å². The van der Waals surface area contributed by atoms with Gasteiger partial charge in [-0.15, -0.1) is 11.6 Å². The second-order valence-corrected chi connectivity index (χ2v) is 4.64. The van der Waals surface area contributed by atoms with E-state index in [9.17, 15) is 9.59 Å². The lowest BCUT2D eigenvalue weighted by Gasteiger charge is -2.07. The lowest BCUT2D eigenvalue weighted by molar-refractivity contribution is -0.119. The minimum atomic E-state index is -0.554. The number of urea groups is 1. The Morgan fingerprint density at radius 2 is 2.12 bits per heavy atom. The molecule has 0 saturated carbocycles. The third-order valence-electron chi connectivity index (χ3n) is 1.99. The lowest BCUT2D eigenvalue weighted by atomic mass is 10.2. The SMILES string of the molecule is Cc1cc(NC(=O)NC(=O)CCCl)ccc1Br. The zero-order valence-electron chi connectivity index (χ0n) is 9.22. The van der Waals surface area contributed by atoms with Crippen molar-refractivity contribution in [3.63, 3.8) is 0 Å². The third kappa shape index (κ3) is 4.75. The van der Waals surface area contributed by atoms with Gasteiger partial charge in [0.2, 0.25) is 5.91 Å². The van der Waals surface area contributed by atoms with Crippen molar-refractivity contribution >= 4 is 45.2 Å². The van der Waals surface area contributed by atoms with Crippen LogP contribution in [0.1, 0.15) is 12.0 Å². The fourth-order valence-electron chi connectivity index (χ4n) is 1.16. The number of carbonyl (C=O) groups is 2. The van der Waals surface area contributed by atoms with E-state index in [2.05, 4.69) is 26.6 Å². The summed E-state index contributed by atoms with van der Waals surface area (Å²) in [6.07, 6.45) is 0.119. The summed E-state index contributed by atoms with van der Waals surface area (Å²) in [5.41, 5.74) is 1.62. The predicted molar refractivity (Wildman–Crippen MR) is 71.4 cm³/mol. The Morgan fingerprint density at radius 1 is 1.41 bits per heavy atom. The number of anilines is 1. The Hall–Kier alpha value is -1.07. The molecule has 3 amide bonds. The fourth-order valence-corrected chi connectivity index (χ4v) is 1.58. The fraction of sp³-hybridized carbons (Fsp3) is 0.273. The molecule has 0 unspecified atom stereocenters. The molecule has 0 aliphatic rings. The lowest BCUT2D eigenvalue weighted by Crippen LogP contribution is -2.34. The third-order valence-corrected chi connectivity index (χ3v) is 3.07. The van der Waals surface area contributed by atoms with Crippen molar-refractivity contribution in [2.45, 2.75) is 13.3 Å². The normalized spacial score (nSPS) is 9.82. The number of hydrogen-bond donors (Lipinski definition) is 2. The molecule has 0 aliphatic heterocycles. The van der Waals surface area contributed by atoms with E-state index < -0.39 is 11.9 Å². The maximum Gasteiger partial charge on any atom is 0.325 e. The van der Waals surface area contributed by atoms with Gasteiger partial charge in [0, 0.05) is 22.5 Å². The Bertz CT molecular complexity index is 437. The van der Waals surface area contributed by atoms with Crippen molar-refractivity contribution in [2.24, 2.45) is 0 Å². The second-order valence-electron chi connectivity index (χ2n) is 3.41. The van der Waals surface area contributed by atoms with Crippen LogP contribution in [0.3, 0.4) is 0 Å². The van der Waals surface area contributed by atoms with Crippen LogP contribution >= 0.6 is 27.5 Å². The first-order valence-electron chi connectivity index (χ1n) is 4.96. The molecule has 0 aromatic heterocycles. The highest BCUT2D eigenvalue weighted by Gasteiger charge is 2.07. The molecule has 92 valence electrons. The van der Waals surface area contributed by atoms with Crippen LogP contribution in [-0.4, -0.2) is 17.8 Å². The molecule has 0 spiro atoms. The zero-order valence-corrected chi connectivity index (χ0v) is 11.6. The van der Waals surface area contributed by atoms with E-state index in [-0.39, 0.29) is 12.3 Å². The van der Waals surface area contributed by atoms with Gasteiger partial charge in [0.25, 0.3) is 0 Å². The maximum absolute atomic E-state index is 11.4. The first kappa shape index (κ1) is 14.0. The number of aryl methyl sites for hydroxylation is 1. The minimum Gasteiger partial charge on any atom is -0.308 e. The Labute approximate surface area is 113 Å². The van der Waals surface area contributed by atoms with Gasteiger partial charge in [0.05, 0.1) is 0 Å². The van der Waals surface area contributed by atoms with Gasteiger partial charge in [-0.05, 0) is 30.7 Å². The summed E-state index contributed by atoms with van der Waals surface area (Å²) in [5.74, 6) is -0.206. The van der Waals surface area contributed by atoms with E-state index in [0.29, 0.717) is 5.69 Å². The predicted octanol–water partition coefficient (Wildman–Crippen LogP) is 3.03. The molecular weight excluding hydrogens is 307 g/mol. The molecule has 0 bridgehead atoms. The smallest absolute Gasteiger partial charge is 0.308 e. The minimum absolute atomic E-state index is 0.119. The molecule has 0 heterocycles. The monoisotopic (exact) mass is 318 g/mol. The van der Waals surface area contributed by atoms with Crippen LogP contribution in [0, 0.1) is 6.92 Å². The summed E-state index contributed by atoms with van der Waals surface area (Å²) in [4.78, 5) is 22.5. The van der Waals surface area contributed by atoms with Gasteiger partial charge in [0.1, 0.15) is 0 Å². The van der Waals surface area contributed by atoms with Gasteiger partial charge in [-0.3, -0.25) is 10.1 Å². The van der Waals surface area contributed by atoms with Crippen LogP contribution in [-0.2, 0) is 4.79 Å². The van der Waals surface area contributed by atoms with Gasteiger partial charge in [-0.2, -0.15) is 0 Å². The van der Waals surface area contributed by atoms with E-state index in [0.717, 1.165) is 10.0 Å². The first-order chi connectivity index (χ1) is 8.02. The highest BCUT2D eigenvalue weighted by Crippen LogP contribution is 2.19. The van der Waals surface area contributed by atoms with Crippen molar-refractivity contribution in [3.05, 3.63) is 28.2 Å². The van der Waals surface area contributed by atoms with Crippen molar-refractivity contribution in [1.29, 1.82) is 0 Å². The average Bonchev–Trinajstić information content (AvgIpc) is 2.23. The Kier molecular flexibility index (Phi) is 5.44. The average molecular weight is 320 g/mol. The highest BCUT2D eigenvalue weighted by atomic mass is 79.9. The number of imide groups is 1. The van der Waals surface area contributed by atoms with Crippen LogP contribution in [0.15, 0.2) is 22.7 Å². The molecule has 2 N–H and O–H groups in total. The molecule has 0 radical (unpaired) electrons. The standard InChI is InChI=1S/C11H12BrClN2O2/c1-7-6-8(2-3-9(7)12)14-11(17)15-10(16)4-5-13/h2-3,6H,4-5H2,1H3,(H2,14,15,16,17). The van der Waals surface area contributed by atoms with Gasteiger partial charge >= 0.3 is 6.03 Å². The summed E-state index contributed by atoms with van der Waals surface area (Å²) in [7, 11) is 0. The number of carbonyl (C=O) groups excluding carboxylic acids is 2. The number of benzene rings is 1. The molecule has 1 aromatic rings. The number of halogens is 2. The van der Waals surface area contributed by atoms with E-state index in [4.69, 9.17) is 11.6 Å². The largest absolute Gasteiger partial charge is 0.325 e. The number of amides is 3. The zero-order chi connectivity index (χ0) is 12.8. The molecule has 0 aliphatic carbocycles. The second kappa shape index (κ2) is 6.61. The molecule has 1 rings (SSSR count). The highest BCUT2D eigenvalue weighted by molar-refractivity contribution is 9.10. The number of rotatable bonds is 3. The van der Waals surface area contributed by atoms with Crippen molar-refractivity contribution in [1.82, 2.24) is 5.32 Å². The molecule has 17 heavy (non-hydrogen) atoms. The summed E-state index contributed by atoms with van der Waals surface area (Å²) < 4.78 is 0.960. The number of hydrogen-bond acceptors (Lipinski definition) is 2. The summed E-state index contributed by atoms with van der Waals surface area (Å²) >= 11 is 8.74. The maximum atomic E-state index is 11.4.